The van der Waals surface area contributed by atoms with Gasteiger partial charge in [0.15, 0.2) is 10.1 Å². The van der Waals surface area contributed by atoms with E-state index in [2.05, 4.69) is 20.6 Å². The van der Waals surface area contributed by atoms with Crippen LogP contribution in [0.2, 0.25) is 0 Å². The lowest BCUT2D eigenvalue weighted by Crippen LogP contribution is -2.38. The van der Waals surface area contributed by atoms with E-state index < -0.39 is 0 Å². The third-order valence-electron chi connectivity index (χ3n) is 4.08. The summed E-state index contributed by atoms with van der Waals surface area (Å²) in [5.74, 6) is 0.915. The number of ether oxygens (including phenoxy) is 1. The third kappa shape index (κ3) is 2.83. The highest BCUT2D eigenvalue weighted by atomic mass is 32.1. The molecule has 0 radical (unpaired) electrons. The van der Waals surface area contributed by atoms with Crippen molar-refractivity contribution in [3.8, 4) is 5.88 Å². The summed E-state index contributed by atoms with van der Waals surface area (Å²) in [6, 6.07) is 8.01. The number of fused-ring (bicyclic) bond motifs is 1. The van der Waals surface area contributed by atoms with Crippen molar-refractivity contribution in [2.24, 2.45) is 4.99 Å². The van der Waals surface area contributed by atoms with E-state index in [0.29, 0.717) is 23.7 Å². The van der Waals surface area contributed by atoms with Gasteiger partial charge in [0.05, 0.1) is 18.8 Å². The monoisotopic (exact) mass is 341 g/mol. The van der Waals surface area contributed by atoms with E-state index in [4.69, 9.17) is 21.9 Å². The summed E-state index contributed by atoms with van der Waals surface area (Å²) >= 11 is 5.04. The number of rotatable bonds is 1. The lowest BCUT2D eigenvalue weighted by Gasteiger charge is -2.16. The Morgan fingerprint density at radius 1 is 1.21 bits per heavy atom. The van der Waals surface area contributed by atoms with E-state index >= 15 is 0 Å². The van der Waals surface area contributed by atoms with Gasteiger partial charge in [-0.05, 0) is 35.4 Å². The van der Waals surface area contributed by atoms with Crippen LogP contribution in [0.1, 0.15) is 5.69 Å². The number of benzene rings is 1. The second-order valence-electron chi connectivity index (χ2n) is 5.68. The molecule has 3 heterocycles. The van der Waals surface area contributed by atoms with Crippen LogP contribution in [0.3, 0.4) is 0 Å². The van der Waals surface area contributed by atoms with Gasteiger partial charge in [0.25, 0.3) is 0 Å². The van der Waals surface area contributed by atoms with Gasteiger partial charge in [-0.25, -0.2) is 0 Å². The van der Waals surface area contributed by atoms with E-state index in [-0.39, 0.29) is 5.88 Å². The molecule has 0 saturated carbocycles. The van der Waals surface area contributed by atoms with Gasteiger partial charge < -0.3 is 19.8 Å². The van der Waals surface area contributed by atoms with E-state index in [1.54, 1.807) is 0 Å². The molecule has 2 aliphatic rings. The van der Waals surface area contributed by atoms with Crippen molar-refractivity contribution < 1.29 is 14.4 Å². The molecule has 1 fully saturated rings. The van der Waals surface area contributed by atoms with Crippen molar-refractivity contribution in [1.29, 1.82) is 0 Å². The van der Waals surface area contributed by atoms with Gasteiger partial charge in [-0.3, -0.25) is 4.58 Å². The van der Waals surface area contributed by atoms with Gasteiger partial charge in [-0.2, -0.15) is 0 Å². The molecule has 2 aliphatic heterocycles. The molecule has 24 heavy (non-hydrogen) atoms. The van der Waals surface area contributed by atoms with Gasteiger partial charge in [-0.15, -0.1) is 0 Å². The fourth-order valence-corrected chi connectivity index (χ4v) is 3.11. The largest absolute Gasteiger partial charge is 0.493 e. The van der Waals surface area contributed by atoms with Crippen LogP contribution in [-0.2, 0) is 4.74 Å². The maximum absolute atomic E-state index is 9.97. The molecule has 2 aromatic rings. The fourth-order valence-electron chi connectivity index (χ4n) is 2.90. The Morgan fingerprint density at radius 2 is 2.00 bits per heavy atom. The van der Waals surface area contributed by atoms with Crippen molar-refractivity contribution >= 4 is 30.2 Å². The van der Waals surface area contributed by atoms with E-state index in [1.807, 2.05) is 30.3 Å². The predicted octanol–water partition coefficient (Wildman–Crippen LogP) is 0.716. The number of aromatic hydroxyl groups is 1. The molecule has 3 N–H and O–H groups in total. The first-order chi connectivity index (χ1) is 11.7. The molecule has 0 bridgehead atoms. The Balaban J connectivity index is 1.93. The normalized spacial score (nSPS) is 18.9. The fraction of sp³-hybridized carbons (Fsp3) is 0.235. The summed E-state index contributed by atoms with van der Waals surface area (Å²) in [5, 5.41) is 12.0. The number of para-hydroxylation sites is 1. The molecule has 0 aliphatic carbocycles. The first kappa shape index (κ1) is 15.0. The Labute approximate surface area is 143 Å². The molecular formula is C17H17N4O2S+. The highest BCUT2D eigenvalue weighted by Crippen LogP contribution is 2.18. The molecule has 7 heteroatoms. The molecule has 1 aromatic heterocycles. The number of H-pyrrole nitrogens is 2. The second-order valence-corrected chi connectivity index (χ2v) is 6.09. The zero-order valence-electron chi connectivity index (χ0n) is 13.0. The van der Waals surface area contributed by atoms with Gasteiger partial charge in [0.2, 0.25) is 5.88 Å². The standard InChI is InChI=1S/C17H16N4O2S/c22-16-14(19-17(24)20-16)10-12-9-11-3-1-2-4-13(11)18-15(12)21-5-7-23-8-6-21/h1-4,9-10H,5-8H2,(H2,19,20,22,24)/p+1. The van der Waals surface area contributed by atoms with Crippen molar-refractivity contribution in [1.82, 2.24) is 9.97 Å². The van der Waals surface area contributed by atoms with Gasteiger partial charge >= 0.3 is 5.84 Å². The second kappa shape index (κ2) is 6.18. The van der Waals surface area contributed by atoms with Crippen LogP contribution >= 0.6 is 12.2 Å². The Morgan fingerprint density at radius 3 is 2.75 bits per heavy atom. The number of aromatic nitrogens is 2. The molecule has 1 aromatic carbocycles. The summed E-state index contributed by atoms with van der Waals surface area (Å²) in [7, 11) is 0. The zero-order chi connectivity index (χ0) is 16.5. The molecule has 0 unspecified atom stereocenters. The molecule has 0 spiro atoms. The number of hydrogen-bond acceptors (Lipinski definition) is 3. The lowest BCUT2D eigenvalue weighted by molar-refractivity contribution is -0.549. The van der Waals surface area contributed by atoms with Gasteiger partial charge in [-0.1, -0.05) is 18.2 Å². The highest BCUT2D eigenvalue weighted by molar-refractivity contribution is 7.71. The summed E-state index contributed by atoms with van der Waals surface area (Å²) in [6.45, 7) is 2.96. The summed E-state index contributed by atoms with van der Waals surface area (Å²) in [4.78, 5) is 10.5. The van der Waals surface area contributed by atoms with E-state index in [0.717, 1.165) is 35.1 Å². The van der Waals surface area contributed by atoms with Crippen molar-refractivity contribution in [3.63, 3.8) is 0 Å². The number of morpholine rings is 1. The molecule has 4 rings (SSSR count). The van der Waals surface area contributed by atoms with Crippen molar-refractivity contribution in [2.45, 2.75) is 0 Å². The highest BCUT2D eigenvalue weighted by Gasteiger charge is 2.23. The van der Waals surface area contributed by atoms with Crippen molar-refractivity contribution in [2.75, 3.05) is 26.3 Å². The smallest absolute Gasteiger partial charge is 0.326 e. The maximum atomic E-state index is 9.97. The minimum atomic E-state index is 0.0288. The van der Waals surface area contributed by atoms with Gasteiger partial charge in [0, 0.05) is 5.22 Å². The molecule has 0 atom stereocenters. The summed E-state index contributed by atoms with van der Waals surface area (Å²) in [5.41, 5.74) is 1.47. The Hall–Kier alpha value is -2.51. The molecule has 1 saturated heterocycles. The first-order valence-corrected chi connectivity index (χ1v) is 8.20. The van der Waals surface area contributed by atoms with Crippen LogP contribution in [0.5, 0.6) is 5.88 Å². The van der Waals surface area contributed by atoms with Crippen LogP contribution < -0.4 is 10.6 Å². The first-order valence-electron chi connectivity index (χ1n) is 7.79. The van der Waals surface area contributed by atoms with Crippen LogP contribution in [0.25, 0.3) is 12.2 Å². The quantitative estimate of drug-likeness (QED) is 0.528. The van der Waals surface area contributed by atoms with E-state index in [9.17, 15) is 5.11 Å². The molecule has 0 amide bonds. The van der Waals surface area contributed by atoms with Crippen molar-refractivity contribution in [3.05, 3.63) is 50.9 Å². The zero-order valence-corrected chi connectivity index (χ0v) is 13.8. The number of aromatic amines is 2. The minimum Gasteiger partial charge on any atom is -0.493 e. The lowest BCUT2D eigenvalue weighted by atomic mass is 10.1. The number of hydrogen-bond donors (Lipinski definition) is 3. The number of nitrogens with zero attached hydrogens (tertiary/aromatic N) is 2. The number of imidazole rings is 1. The maximum Gasteiger partial charge on any atom is 0.326 e. The Bertz CT molecular complexity index is 1020. The summed E-state index contributed by atoms with van der Waals surface area (Å²) < 4.78 is 8.04. The molecule has 122 valence electrons. The summed E-state index contributed by atoms with van der Waals surface area (Å²) in [6.07, 6.45) is 3.95. The van der Waals surface area contributed by atoms with Crippen LogP contribution in [0.15, 0.2) is 34.8 Å². The van der Waals surface area contributed by atoms with Crippen LogP contribution in [0.4, 0.5) is 0 Å². The number of amidine groups is 1. The average molecular weight is 341 g/mol. The van der Waals surface area contributed by atoms with Gasteiger partial charge in [0.1, 0.15) is 18.8 Å². The Kier molecular flexibility index (Phi) is 3.87. The topological polar surface area (TPSA) is 76.4 Å². The minimum absolute atomic E-state index is 0.0288. The number of nitrogens with one attached hydrogen (secondary N) is 2. The predicted molar refractivity (Wildman–Crippen MR) is 93.1 cm³/mol. The average Bonchev–Trinajstić information content (AvgIpc) is 2.92. The van der Waals surface area contributed by atoms with Crippen LogP contribution in [-0.4, -0.2) is 51.8 Å². The van der Waals surface area contributed by atoms with E-state index in [1.165, 1.54) is 0 Å². The molecule has 6 nitrogen and oxygen atoms in total. The third-order valence-corrected chi connectivity index (χ3v) is 4.28. The molecular weight excluding hydrogens is 324 g/mol. The van der Waals surface area contributed by atoms with Crippen LogP contribution in [0, 0.1) is 4.77 Å². The SMILES string of the molecule is Oc1[nH]c(=S)[nH]c1C=C1C=c2ccccc2=NC1=[N+]1CCOCC1.